The zero-order valence-electron chi connectivity index (χ0n) is 13.8. The van der Waals surface area contributed by atoms with Crippen LogP contribution in [0, 0.1) is 0 Å². The van der Waals surface area contributed by atoms with Gasteiger partial charge in [-0.1, -0.05) is 0 Å². The Morgan fingerprint density at radius 2 is 1.88 bits per heavy atom. The number of hydrogen-bond acceptors (Lipinski definition) is 6. The topological polar surface area (TPSA) is 54.4 Å². The first kappa shape index (κ1) is 15.5. The van der Waals surface area contributed by atoms with Crippen molar-refractivity contribution in [2.45, 2.75) is 31.5 Å². The van der Waals surface area contributed by atoms with Crippen LogP contribution in [-0.2, 0) is 11.3 Å². The van der Waals surface area contributed by atoms with Gasteiger partial charge in [0.2, 0.25) is 0 Å². The Morgan fingerprint density at radius 1 is 1.00 bits per heavy atom. The molecule has 0 amide bonds. The molecule has 0 radical (unpaired) electrons. The Labute approximate surface area is 142 Å². The van der Waals surface area contributed by atoms with Gasteiger partial charge >= 0.3 is 0 Å². The lowest BCUT2D eigenvalue weighted by molar-refractivity contribution is -0.0746. The fourth-order valence-electron chi connectivity index (χ4n) is 3.76. The number of morpholine rings is 1. The lowest BCUT2D eigenvalue weighted by Gasteiger charge is -2.40. The molecule has 0 bridgehead atoms. The Balaban J connectivity index is 1.46. The predicted octanol–water partition coefficient (Wildman–Crippen LogP) is 1.74. The molecule has 2 aromatic rings. The molecule has 24 heavy (non-hydrogen) atoms. The monoisotopic (exact) mass is 325 g/mol. The molecular formula is C18H23N5O. The minimum atomic E-state index is 0.308. The van der Waals surface area contributed by atoms with Gasteiger partial charge < -0.3 is 9.64 Å². The summed E-state index contributed by atoms with van der Waals surface area (Å²) in [5.41, 5.74) is 1.32. The number of hydrogen-bond donors (Lipinski definition) is 0. The van der Waals surface area contributed by atoms with Gasteiger partial charge in [0.25, 0.3) is 0 Å². The third-order valence-corrected chi connectivity index (χ3v) is 5.00. The Morgan fingerprint density at radius 3 is 2.71 bits per heavy atom. The van der Waals surface area contributed by atoms with E-state index in [-0.39, 0.29) is 0 Å². The van der Waals surface area contributed by atoms with E-state index < -0.39 is 0 Å². The SMILES string of the molecule is c1cc(CN2CCOC3CCN(c4cnccn4)CCC32)ccn1. The summed E-state index contributed by atoms with van der Waals surface area (Å²) in [5.74, 6) is 0.969. The molecule has 0 N–H and O–H groups in total. The van der Waals surface area contributed by atoms with Crippen LogP contribution in [0.25, 0.3) is 0 Å². The second-order valence-corrected chi connectivity index (χ2v) is 6.43. The zero-order valence-corrected chi connectivity index (χ0v) is 13.8. The molecule has 4 rings (SSSR count). The van der Waals surface area contributed by atoms with Crippen molar-refractivity contribution in [1.29, 1.82) is 0 Å². The van der Waals surface area contributed by atoms with Crippen LogP contribution in [0.5, 0.6) is 0 Å². The number of anilines is 1. The summed E-state index contributed by atoms with van der Waals surface area (Å²) in [6.07, 6.45) is 11.5. The molecule has 0 spiro atoms. The van der Waals surface area contributed by atoms with Crippen molar-refractivity contribution in [3.8, 4) is 0 Å². The molecule has 2 fully saturated rings. The highest BCUT2D eigenvalue weighted by atomic mass is 16.5. The van der Waals surface area contributed by atoms with Crippen LogP contribution >= 0.6 is 0 Å². The van der Waals surface area contributed by atoms with Gasteiger partial charge in [-0.3, -0.25) is 14.9 Å². The van der Waals surface area contributed by atoms with E-state index in [1.54, 1.807) is 12.4 Å². The first-order chi connectivity index (χ1) is 11.9. The predicted molar refractivity (Wildman–Crippen MR) is 91.7 cm³/mol. The van der Waals surface area contributed by atoms with Crippen LogP contribution in [0.15, 0.2) is 43.1 Å². The number of pyridine rings is 1. The summed E-state index contributed by atoms with van der Waals surface area (Å²) >= 11 is 0. The normalized spacial score (nSPS) is 25.1. The van der Waals surface area contributed by atoms with Crippen LogP contribution in [0.1, 0.15) is 18.4 Å². The second kappa shape index (κ2) is 7.23. The van der Waals surface area contributed by atoms with Gasteiger partial charge in [0, 0.05) is 57.0 Å². The molecule has 0 aromatic carbocycles. The van der Waals surface area contributed by atoms with Crippen molar-refractivity contribution in [3.05, 3.63) is 48.7 Å². The molecule has 2 aliphatic heterocycles. The molecule has 4 heterocycles. The Hall–Kier alpha value is -2.05. The molecule has 0 aliphatic carbocycles. The van der Waals surface area contributed by atoms with Crippen molar-refractivity contribution in [2.75, 3.05) is 31.1 Å². The zero-order chi connectivity index (χ0) is 16.2. The van der Waals surface area contributed by atoms with E-state index in [1.165, 1.54) is 5.56 Å². The third-order valence-electron chi connectivity index (χ3n) is 5.00. The van der Waals surface area contributed by atoms with Crippen LogP contribution in [0.4, 0.5) is 5.82 Å². The maximum Gasteiger partial charge on any atom is 0.147 e. The van der Waals surface area contributed by atoms with E-state index in [9.17, 15) is 0 Å². The molecule has 2 atom stereocenters. The van der Waals surface area contributed by atoms with Gasteiger partial charge in [-0.15, -0.1) is 0 Å². The largest absolute Gasteiger partial charge is 0.375 e. The average Bonchev–Trinajstić information content (AvgIpc) is 2.87. The fraction of sp³-hybridized carbons (Fsp3) is 0.500. The van der Waals surface area contributed by atoms with E-state index in [0.29, 0.717) is 12.1 Å². The maximum atomic E-state index is 6.10. The molecule has 2 unspecified atom stereocenters. The number of aromatic nitrogens is 3. The summed E-state index contributed by atoms with van der Waals surface area (Å²) in [6, 6.07) is 4.67. The molecular weight excluding hydrogens is 302 g/mol. The Kier molecular flexibility index (Phi) is 4.66. The molecule has 6 nitrogen and oxygen atoms in total. The van der Waals surface area contributed by atoms with E-state index >= 15 is 0 Å². The smallest absolute Gasteiger partial charge is 0.147 e. The van der Waals surface area contributed by atoms with Crippen LogP contribution < -0.4 is 4.90 Å². The summed E-state index contributed by atoms with van der Waals surface area (Å²) in [6.45, 7) is 4.75. The van der Waals surface area contributed by atoms with E-state index in [2.05, 4.69) is 36.9 Å². The van der Waals surface area contributed by atoms with Crippen LogP contribution in [0.2, 0.25) is 0 Å². The third kappa shape index (κ3) is 3.39. The second-order valence-electron chi connectivity index (χ2n) is 6.43. The highest BCUT2D eigenvalue weighted by Crippen LogP contribution is 2.26. The summed E-state index contributed by atoms with van der Waals surface area (Å²) < 4.78 is 6.10. The van der Waals surface area contributed by atoms with Gasteiger partial charge in [-0.05, 0) is 30.5 Å². The maximum absolute atomic E-state index is 6.10. The summed E-state index contributed by atoms with van der Waals surface area (Å²) in [7, 11) is 0. The number of fused-ring (bicyclic) bond motifs is 1. The lowest BCUT2D eigenvalue weighted by atomic mass is 10.0. The summed E-state index contributed by atoms with van der Waals surface area (Å²) in [4.78, 5) is 17.7. The number of ether oxygens (including phenoxy) is 1. The lowest BCUT2D eigenvalue weighted by Crippen LogP contribution is -2.50. The fourth-order valence-corrected chi connectivity index (χ4v) is 3.76. The average molecular weight is 325 g/mol. The van der Waals surface area contributed by atoms with Crippen LogP contribution in [0.3, 0.4) is 0 Å². The molecule has 126 valence electrons. The van der Waals surface area contributed by atoms with Crippen molar-refractivity contribution in [2.24, 2.45) is 0 Å². The van der Waals surface area contributed by atoms with Crippen LogP contribution in [-0.4, -0.2) is 58.2 Å². The van der Waals surface area contributed by atoms with E-state index in [4.69, 9.17) is 4.74 Å². The minimum absolute atomic E-state index is 0.308. The highest BCUT2D eigenvalue weighted by Gasteiger charge is 2.34. The standard InChI is InChI=1S/C18H23N5O/c1-5-19-6-2-15(1)14-23-11-12-24-17-4-10-22(9-3-16(17)23)18-13-20-7-8-21-18/h1-2,5-8,13,16-17H,3-4,9-12,14H2. The van der Waals surface area contributed by atoms with Gasteiger partial charge in [-0.2, -0.15) is 0 Å². The van der Waals surface area contributed by atoms with E-state index in [0.717, 1.165) is 51.4 Å². The van der Waals surface area contributed by atoms with Crippen molar-refractivity contribution in [3.63, 3.8) is 0 Å². The highest BCUT2D eigenvalue weighted by molar-refractivity contribution is 5.35. The molecule has 2 aliphatic rings. The number of nitrogens with zero attached hydrogens (tertiary/aromatic N) is 5. The Bertz CT molecular complexity index is 638. The van der Waals surface area contributed by atoms with Gasteiger partial charge in [0.1, 0.15) is 5.82 Å². The molecule has 2 aromatic heterocycles. The van der Waals surface area contributed by atoms with Crippen molar-refractivity contribution >= 4 is 5.82 Å². The van der Waals surface area contributed by atoms with Crippen molar-refractivity contribution in [1.82, 2.24) is 19.9 Å². The first-order valence-corrected chi connectivity index (χ1v) is 8.66. The van der Waals surface area contributed by atoms with Gasteiger partial charge in [0.05, 0.1) is 18.9 Å². The molecule has 2 saturated heterocycles. The van der Waals surface area contributed by atoms with Gasteiger partial charge in [0.15, 0.2) is 0 Å². The number of rotatable bonds is 3. The van der Waals surface area contributed by atoms with Gasteiger partial charge in [-0.25, -0.2) is 4.98 Å². The first-order valence-electron chi connectivity index (χ1n) is 8.66. The quantitative estimate of drug-likeness (QED) is 0.857. The van der Waals surface area contributed by atoms with E-state index in [1.807, 2.05) is 18.6 Å². The molecule has 6 heteroatoms. The molecule has 0 saturated carbocycles. The van der Waals surface area contributed by atoms with Crippen molar-refractivity contribution < 1.29 is 4.74 Å². The summed E-state index contributed by atoms with van der Waals surface area (Å²) in [5, 5.41) is 0. The minimum Gasteiger partial charge on any atom is -0.375 e.